The molecular formula is C11H10BrNO. The minimum Gasteiger partial charge on any atom is -0.338 e. The summed E-state index contributed by atoms with van der Waals surface area (Å²) in [5.41, 5.74) is 0.613. The third-order valence-electron chi connectivity index (χ3n) is 1.50. The lowest BCUT2D eigenvalue weighted by Crippen LogP contribution is -2.03. The van der Waals surface area contributed by atoms with Gasteiger partial charge in [0.15, 0.2) is 0 Å². The number of benzene rings is 1. The van der Waals surface area contributed by atoms with Crippen molar-refractivity contribution >= 4 is 21.7 Å². The molecule has 72 valence electrons. The second-order valence-corrected chi connectivity index (χ2v) is 3.88. The molecule has 0 radical (unpaired) electrons. The molecule has 0 aromatic heterocycles. The highest BCUT2D eigenvalue weighted by Crippen LogP contribution is 2.10. The van der Waals surface area contributed by atoms with Gasteiger partial charge in [0.2, 0.25) is 5.78 Å². The van der Waals surface area contributed by atoms with Crippen LogP contribution in [0.15, 0.2) is 28.7 Å². The third kappa shape index (κ3) is 3.23. The van der Waals surface area contributed by atoms with Crippen molar-refractivity contribution in [1.29, 1.82) is 0 Å². The molecule has 2 nitrogen and oxygen atoms in total. The zero-order valence-corrected chi connectivity index (χ0v) is 9.63. The average molecular weight is 252 g/mol. The molecule has 1 rings (SSSR count). The summed E-state index contributed by atoms with van der Waals surface area (Å²) in [6.45, 7) is 0. The first-order chi connectivity index (χ1) is 6.59. The molecule has 0 atom stereocenters. The smallest absolute Gasteiger partial charge is 0.237 e. The molecule has 0 bridgehead atoms. The van der Waals surface area contributed by atoms with E-state index in [2.05, 4.69) is 27.9 Å². The Morgan fingerprint density at radius 3 is 2.36 bits per heavy atom. The van der Waals surface area contributed by atoms with Crippen LogP contribution in [-0.2, 0) is 0 Å². The van der Waals surface area contributed by atoms with Crippen LogP contribution in [0.5, 0.6) is 0 Å². The number of carbonyl (C=O) groups excluding carboxylic acids is 1. The summed E-state index contributed by atoms with van der Waals surface area (Å²) in [5, 5.41) is 0. The molecule has 0 saturated carbocycles. The van der Waals surface area contributed by atoms with E-state index in [1.807, 2.05) is 12.1 Å². The first-order valence-electron chi connectivity index (χ1n) is 4.08. The summed E-state index contributed by atoms with van der Waals surface area (Å²) >= 11 is 3.30. The highest BCUT2D eigenvalue weighted by molar-refractivity contribution is 9.10. The summed E-state index contributed by atoms with van der Waals surface area (Å²) in [6, 6.07) is 9.82. The van der Waals surface area contributed by atoms with Crippen LogP contribution < -0.4 is 0 Å². The number of halogens is 1. The van der Waals surface area contributed by atoms with E-state index in [0.717, 1.165) is 4.47 Å². The van der Waals surface area contributed by atoms with E-state index in [0.29, 0.717) is 5.56 Å². The highest BCUT2D eigenvalue weighted by atomic mass is 79.9. The number of rotatable bonds is 1. The van der Waals surface area contributed by atoms with E-state index in [1.165, 1.54) is 0 Å². The number of nitrogens with zero attached hydrogens (tertiary/aromatic N) is 1. The SMILES string of the molecule is CN(C)C#CC(=O)c1ccc(Br)cc1. The molecular weight excluding hydrogens is 242 g/mol. The maximum absolute atomic E-state index is 11.4. The fourth-order valence-electron chi connectivity index (χ4n) is 0.836. The Balaban J connectivity index is 2.82. The van der Waals surface area contributed by atoms with Crippen molar-refractivity contribution < 1.29 is 4.79 Å². The van der Waals surface area contributed by atoms with Crippen molar-refractivity contribution in [3.05, 3.63) is 34.3 Å². The molecule has 0 spiro atoms. The standard InChI is InChI=1S/C11H10BrNO/c1-13(2)8-7-11(14)9-3-5-10(12)6-4-9/h3-6H,1-2H3. The van der Waals surface area contributed by atoms with Crippen LogP contribution in [0.3, 0.4) is 0 Å². The lowest BCUT2D eigenvalue weighted by Gasteiger charge is -1.97. The summed E-state index contributed by atoms with van der Waals surface area (Å²) < 4.78 is 0.953. The maximum Gasteiger partial charge on any atom is 0.237 e. The van der Waals surface area contributed by atoms with E-state index in [9.17, 15) is 4.79 Å². The molecule has 0 aliphatic rings. The fraction of sp³-hybridized carbons (Fsp3) is 0.182. The van der Waals surface area contributed by atoms with Crippen molar-refractivity contribution in [2.45, 2.75) is 0 Å². The highest BCUT2D eigenvalue weighted by Gasteiger charge is 2.00. The van der Waals surface area contributed by atoms with E-state index in [-0.39, 0.29) is 5.78 Å². The minimum absolute atomic E-state index is 0.161. The molecule has 0 aliphatic carbocycles. The summed E-state index contributed by atoms with van der Waals surface area (Å²) in [7, 11) is 3.59. The van der Waals surface area contributed by atoms with E-state index >= 15 is 0 Å². The molecule has 0 fully saturated rings. The van der Waals surface area contributed by atoms with Crippen LogP contribution in [0, 0.1) is 12.0 Å². The van der Waals surface area contributed by atoms with Crippen molar-refractivity contribution in [2.24, 2.45) is 0 Å². The van der Waals surface area contributed by atoms with Crippen LogP contribution in [0.25, 0.3) is 0 Å². The molecule has 14 heavy (non-hydrogen) atoms. The van der Waals surface area contributed by atoms with Gasteiger partial charge in [-0.3, -0.25) is 4.79 Å². The van der Waals surface area contributed by atoms with E-state index in [4.69, 9.17) is 0 Å². The molecule has 0 N–H and O–H groups in total. The van der Waals surface area contributed by atoms with Gasteiger partial charge in [-0.2, -0.15) is 0 Å². The fourth-order valence-corrected chi connectivity index (χ4v) is 1.10. The second-order valence-electron chi connectivity index (χ2n) is 2.97. The van der Waals surface area contributed by atoms with Gasteiger partial charge in [-0.1, -0.05) is 15.9 Å². The number of carbonyl (C=O) groups is 1. The van der Waals surface area contributed by atoms with E-state index in [1.54, 1.807) is 31.1 Å². The molecule has 0 heterocycles. The summed E-state index contributed by atoms with van der Waals surface area (Å²) in [4.78, 5) is 13.1. The predicted molar refractivity (Wildman–Crippen MR) is 59.9 cm³/mol. The number of Topliss-reactive ketones (excluding diaryl/α,β-unsaturated/α-hetero) is 1. The van der Waals surface area contributed by atoms with Gasteiger partial charge < -0.3 is 4.90 Å². The zero-order chi connectivity index (χ0) is 10.6. The van der Waals surface area contributed by atoms with Gasteiger partial charge in [0.05, 0.1) is 0 Å². The Labute approximate surface area is 92.0 Å². The minimum atomic E-state index is -0.161. The molecule has 0 saturated heterocycles. The van der Waals surface area contributed by atoms with Gasteiger partial charge in [-0.25, -0.2) is 0 Å². The monoisotopic (exact) mass is 251 g/mol. The van der Waals surface area contributed by atoms with Gasteiger partial charge in [0.25, 0.3) is 0 Å². The Kier molecular flexibility index (Phi) is 3.73. The quantitative estimate of drug-likeness (QED) is 0.433. The summed E-state index contributed by atoms with van der Waals surface area (Å²) in [5.74, 6) is 2.38. The predicted octanol–water partition coefficient (Wildman–Crippen LogP) is 2.15. The van der Waals surface area contributed by atoms with Gasteiger partial charge in [-0.15, -0.1) is 0 Å². The van der Waals surface area contributed by atoms with Crippen LogP contribution in [0.2, 0.25) is 0 Å². The van der Waals surface area contributed by atoms with Crippen LogP contribution in [0.1, 0.15) is 10.4 Å². The van der Waals surface area contributed by atoms with Crippen LogP contribution in [0.4, 0.5) is 0 Å². The molecule has 0 aliphatic heterocycles. The lowest BCUT2D eigenvalue weighted by molar-refractivity contribution is 0.105. The molecule has 1 aromatic carbocycles. The lowest BCUT2D eigenvalue weighted by atomic mass is 10.1. The molecule has 3 heteroatoms. The average Bonchev–Trinajstić information content (AvgIpc) is 2.15. The maximum atomic E-state index is 11.4. The first kappa shape index (κ1) is 10.8. The van der Waals surface area contributed by atoms with Crippen molar-refractivity contribution in [3.8, 4) is 12.0 Å². The first-order valence-corrected chi connectivity index (χ1v) is 4.88. The number of ketones is 1. The van der Waals surface area contributed by atoms with Crippen LogP contribution >= 0.6 is 15.9 Å². The van der Waals surface area contributed by atoms with Crippen LogP contribution in [-0.4, -0.2) is 24.8 Å². The molecule has 0 unspecified atom stereocenters. The zero-order valence-electron chi connectivity index (χ0n) is 8.04. The third-order valence-corrected chi connectivity index (χ3v) is 2.03. The van der Waals surface area contributed by atoms with Gasteiger partial charge in [-0.05, 0) is 30.2 Å². The Morgan fingerprint density at radius 1 is 1.29 bits per heavy atom. The van der Waals surface area contributed by atoms with E-state index < -0.39 is 0 Å². The normalized spacial score (nSPS) is 8.79. The van der Waals surface area contributed by atoms with Gasteiger partial charge in [0.1, 0.15) is 0 Å². The summed E-state index contributed by atoms with van der Waals surface area (Å²) in [6.07, 6.45) is 0. The van der Waals surface area contributed by atoms with Gasteiger partial charge >= 0.3 is 0 Å². The number of hydrogen-bond donors (Lipinski definition) is 0. The topological polar surface area (TPSA) is 20.3 Å². The van der Waals surface area contributed by atoms with Crippen molar-refractivity contribution in [1.82, 2.24) is 4.90 Å². The molecule has 1 aromatic rings. The largest absolute Gasteiger partial charge is 0.338 e. The number of hydrogen-bond acceptors (Lipinski definition) is 2. The van der Waals surface area contributed by atoms with Crippen molar-refractivity contribution in [3.63, 3.8) is 0 Å². The second kappa shape index (κ2) is 4.83. The van der Waals surface area contributed by atoms with Gasteiger partial charge in [0, 0.05) is 30.2 Å². The molecule has 0 amide bonds. The Hall–Kier alpha value is -1.27. The Morgan fingerprint density at radius 2 is 1.86 bits per heavy atom. The Bertz CT molecular complexity index is 384. The van der Waals surface area contributed by atoms with Crippen molar-refractivity contribution in [2.75, 3.05) is 14.1 Å².